The standard InChI is InChI=1S/C20H22Cl2N2OS/c1-26-18-4-2-3-17(12-18)23-20(25)14-7-9-24(10-8-14)13-15-5-6-16(21)11-19(15)22/h2-6,11-12,14H,7-10,13H2,1H3,(H,23,25). The van der Waals surface area contributed by atoms with Crippen LogP contribution in [-0.4, -0.2) is 30.2 Å². The van der Waals surface area contributed by atoms with Gasteiger partial charge in [-0.05, 0) is 68.1 Å². The monoisotopic (exact) mass is 408 g/mol. The van der Waals surface area contributed by atoms with Gasteiger partial charge in [0.2, 0.25) is 5.91 Å². The Morgan fingerprint density at radius 3 is 2.65 bits per heavy atom. The maximum atomic E-state index is 12.6. The Morgan fingerprint density at radius 2 is 1.96 bits per heavy atom. The Balaban J connectivity index is 1.52. The highest BCUT2D eigenvalue weighted by atomic mass is 35.5. The number of amides is 1. The van der Waals surface area contributed by atoms with E-state index in [0.29, 0.717) is 10.0 Å². The van der Waals surface area contributed by atoms with Crippen LogP contribution in [0.15, 0.2) is 47.4 Å². The van der Waals surface area contributed by atoms with Gasteiger partial charge in [0.1, 0.15) is 0 Å². The van der Waals surface area contributed by atoms with Gasteiger partial charge in [-0.25, -0.2) is 0 Å². The van der Waals surface area contributed by atoms with Crippen LogP contribution in [0.4, 0.5) is 5.69 Å². The van der Waals surface area contributed by atoms with Crippen molar-refractivity contribution in [2.45, 2.75) is 24.3 Å². The van der Waals surface area contributed by atoms with Gasteiger partial charge in [-0.15, -0.1) is 11.8 Å². The topological polar surface area (TPSA) is 32.3 Å². The second-order valence-electron chi connectivity index (χ2n) is 6.51. The van der Waals surface area contributed by atoms with E-state index in [1.165, 1.54) is 0 Å². The lowest BCUT2D eigenvalue weighted by atomic mass is 9.95. The number of carbonyl (C=O) groups is 1. The third-order valence-electron chi connectivity index (χ3n) is 4.70. The number of carbonyl (C=O) groups excluding carboxylic acids is 1. The van der Waals surface area contributed by atoms with Gasteiger partial charge in [0, 0.05) is 33.1 Å². The van der Waals surface area contributed by atoms with Gasteiger partial charge in [-0.1, -0.05) is 35.3 Å². The highest BCUT2D eigenvalue weighted by Gasteiger charge is 2.25. The minimum absolute atomic E-state index is 0.0601. The first-order chi connectivity index (χ1) is 12.5. The summed E-state index contributed by atoms with van der Waals surface area (Å²) in [4.78, 5) is 16.0. The van der Waals surface area contributed by atoms with E-state index in [1.807, 2.05) is 42.7 Å². The summed E-state index contributed by atoms with van der Waals surface area (Å²) < 4.78 is 0. The molecule has 0 aromatic heterocycles. The summed E-state index contributed by atoms with van der Waals surface area (Å²) >= 11 is 13.9. The number of hydrogen-bond donors (Lipinski definition) is 1. The van der Waals surface area contributed by atoms with Gasteiger partial charge in [-0.3, -0.25) is 9.69 Å². The predicted octanol–water partition coefficient (Wildman–Crippen LogP) is 5.57. The van der Waals surface area contributed by atoms with Crippen molar-refractivity contribution < 1.29 is 4.79 Å². The molecule has 138 valence electrons. The van der Waals surface area contributed by atoms with E-state index in [2.05, 4.69) is 10.2 Å². The van der Waals surface area contributed by atoms with Crippen molar-refractivity contribution in [3.05, 3.63) is 58.1 Å². The van der Waals surface area contributed by atoms with Crippen LogP contribution in [0.25, 0.3) is 0 Å². The molecule has 0 aliphatic carbocycles. The lowest BCUT2D eigenvalue weighted by Crippen LogP contribution is -2.37. The maximum Gasteiger partial charge on any atom is 0.227 e. The van der Waals surface area contributed by atoms with Crippen LogP contribution in [0, 0.1) is 5.92 Å². The van der Waals surface area contributed by atoms with Crippen molar-refractivity contribution in [1.29, 1.82) is 0 Å². The SMILES string of the molecule is CSc1cccc(NC(=O)C2CCN(Cc3ccc(Cl)cc3Cl)CC2)c1. The number of thioether (sulfide) groups is 1. The normalized spacial score (nSPS) is 15.8. The number of rotatable bonds is 5. The molecule has 1 saturated heterocycles. The molecular weight excluding hydrogens is 387 g/mol. The molecule has 0 unspecified atom stereocenters. The van der Waals surface area contributed by atoms with E-state index in [-0.39, 0.29) is 11.8 Å². The summed E-state index contributed by atoms with van der Waals surface area (Å²) in [6.45, 7) is 2.57. The minimum atomic E-state index is 0.0601. The molecule has 0 spiro atoms. The first kappa shape index (κ1) is 19.6. The fraction of sp³-hybridized carbons (Fsp3) is 0.350. The Kier molecular flexibility index (Phi) is 6.87. The largest absolute Gasteiger partial charge is 0.326 e. The first-order valence-electron chi connectivity index (χ1n) is 8.66. The van der Waals surface area contributed by atoms with E-state index in [9.17, 15) is 4.79 Å². The van der Waals surface area contributed by atoms with Gasteiger partial charge in [0.15, 0.2) is 0 Å². The van der Waals surface area contributed by atoms with Gasteiger partial charge >= 0.3 is 0 Å². The van der Waals surface area contributed by atoms with Gasteiger partial charge in [-0.2, -0.15) is 0 Å². The maximum absolute atomic E-state index is 12.6. The average molecular weight is 409 g/mol. The second kappa shape index (κ2) is 9.14. The summed E-state index contributed by atoms with van der Waals surface area (Å²) in [5, 5.41) is 4.41. The minimum Gasteiger partial charge on any atom is -0.326 e. The summed E-state index contributed by atoms with van der Waals surface area (Å²) in [5.41, 5.74) is 1.95. The second-order valence-corrected chi connectivity index (χ2v) is 8.23. The highest BCUT2D eigenvalue weighted by molar-refractivity contribution is 7.98. The number of benzene rings is 2. The molecule has 0 atom stereocenters. The molecule has 1 heterocycles. The van der Waals surface area contributed by atoms with Crippen molar-refractivity contribution in [2.75, 3.05) is 24.7 Å². The van der Waals surface area contributed by atoms with E-state index in [1.54, 1.807) is 17.8 Å². The van der Waals surface area contributed by atoms with Crippen LogP contribution in [0.2, 0.25) is 10.0 Å². The van der Waals surface area contributed by atoms with Crippen LogP contribution in [-0.2, 0) is 11.3 Å². The highest BCUT2D eigenvalue weighted by Crippen LogP contribution is 2.26. The molecule has 1 aliphatic rings. The van der Waals surface area contributed by atoms with Crippen LogP contribution < -0.4 is 5.32 Å². The zero-order chi connectivity index (χ0) is 18.5. The van der Waals surface area contributed by atoms with E-state index in [4.69, 9.17) is 23.2 Å². The van der Waals surface area contributed by atoms with Crippen molar-refractivity contribution >= 4 is 46.6 Å². The van der Waals surface area contributed by atoms with Gasteiger partial charge < -0.3 is 5.32 Å². The van der Waals surface area contributed by atoms with Crippen molar-refractivity contribution in [3.8, 4) is 0 Å². The quantitative estimate of drug-likeness (QED) is 0.656. The fourth-order valence-corrected chi connectivity index (χ4v) is 4.12. The molecule has 1 aliphatic heterocycles. The van der Waals surface area contributed by atoms with Crippen LogP contribution in [0.3, 0.4) is 0 Å². The lowest BCUT2D eigenvalue weighted by molar-refractivity contribution is -0.121. The summed E-state index contributed by atoms with van der Waals surface area (Å²) in [7, 11) is 0. The van der Waals surface area contributed by atoms with Crippen molar-refractivity contribution in [2.24, 2.45) is 5.92 Å². The van der Waals surface area contributed by atoms with E-state index >= 15 is 0 Å². The Morgan fingerprint density at radius 1 is 1.19 bits per heavy atom. The zero-order valence-corrected chi connectivity index (χ0v) is 17.0. The number of likely N-dealkylation sites (tertiary alicyclic amines) is 1. The third-order valence-corrected chi connectivity index (χ3v) is 6.02. The predicted molar refractivity (Wildman–Crippen MR) is 111 cm³/mol. The summed E-state index contributed by atoms with van der Waals surface area (Å²) in [5.74, 6) is 0.178. The van der Waals surface area contributed by atoms with E-state index < -0.39 is 0 Å². The van der Waals surface area contributed by atoms with Crippen molar-refractivity contribution in [3.63, 3.8) is 0 Å². The number of nitrogens with zero attached hydrogens (tertiary/aromatic N) is 1. The lowest BCUT2D eigenvalue weighted by Gasteiger charge is -2.31. The Hall–Kier alpha value is -1.20. The number of piperidine rings is 1. The first-order valence-corrected chi connectivity index (χ1v) is 10.6. The average Bonchev–Trinajstić information content (AvgIpc) is 2.64. The third kappa shape index (κ3) is 5.17. The Labute approximate surface area is 169 Å². The molecule has 0 saturated carbocycles. The smallest absolute Gasteiger partial charge is 0.227 e. The molecule has 2 aromatic carbocycles. The molecule has 1 fully saturated rings. The number of halogens is 2. The number of anilines is 1. The fourth-order valence-electron chi connectivity index (χ4n) is 3.19. The molecule has 2 aromatic rings. The summed E-state index contributed by atoms with van der Waals surface area (Å²) in [6.07, 6.45) is 3.75. The Bertz CT molecular complexity index is 776. The van der Waals surface area contributed by atoms with Crippen LogP contribution >= 0.6 is 35.0 Å². The van der Waals surface area contributed by atoms with Gasteiger partial charge in [0.05, 0.1) is 0 Å². The molecule has 3 rings (SSSR count). The molecular formula is C20H22Cl2N2OS. The molecule has 1 N–H and O–H groups in total. The zero-order valence-electron chi connectivity index (χ0n) is 14.7. The van der Waals surface area contributed by atoms with Gasteiger partial charge in [0.25, 0.3) is 0 Å². The molecule has 6 heteroatoms. The summed E-state index contributed by atoms with van der Waals surface area (Å²) in [6, 6.07) is 13.6. The molecule has 0 bridgehead atoms. The number of nitrogens with one attached hydrogen (secondary N) is 1. The van der Waals surface area contributed by atoms with E-state index in [0.717, 1.165) is 48.6 Å². The van der Waals surface area contributed by atoms with Crippen LogP contribution in [0.5, 0.6) is 0 Å². The molecule has 1 amide bonds. The van der Waals surface area contributed by atoms with Crippen molar-refractivity contribution in [1.82, 2.24) is 4.90 Å². The molecule has 0 radical (unpaired) electrons. The number of hydrogen-bond acceptors (Lipinski definition) is 3. The molecule has 3 nitrogen and oxygen atoms in total. The van der Waals surface area contributed by atoms with Crippen LogP contribution in [0.1, 0.15) is 18.4 Å². The molecule has 26 heavy (non-hydrogen) atoms.